The zero-order valence-corrected chi connectivity index (χ0v) is 10.2. The van der Waals surface area contributed by atoms with E-state index in [1.165, 1.54) is 6.42 Å². The normalized spacial score (nSPS) is 16.6. The number of hydrogen-bond acceptors (Lipinski definition) is 0. The van der Waals surface area contributed by atoms with E-state index in [1.54, 1.807) is 0 Å². The van der Waals surface area contributed by atoms with Gasteiger partial charge in [-0.1, -0.05) is 57.5 Å². The highest BCUT2D eigenvalue weighted by atomic mass is 79.9. The summed E-state index contributed by atoms with van der Waals surface area (Å²) in [5.41, 5.74) is 0.810. The summed E-state index contributed by atoms with van der Waals surface area (Å²) >= 11 is 3.60. The summed E-state index contributed by atoms with van der Waals surface area (Å²) in [4.78, 5) is 0.622. The van der Waals surface area contributed by atoms with E-state index < -0.39 is 0 Å². The van der Waals surface area contributed by atoms with Crippen LogP contribution in [0, 0.1) is 10.8 Å². The Labute approximate surface area is 79.9 Å². The third-order valence-electron chi connectivity index (χ3n) is 2.82. The fraction of sp³-hybridized carbons (Fsp3) is 1.00. The molecule has 0 N–H and O–H groups in total. The first-order valence-electron chi connectivity index (χ1n) is 4.31. The van der Waals surface area contributed by atoms with Gasteiger partial charge in [0.1, 0.15) is 0 Å². The smallest absolute Gasteiger partial charge is 0.0122 e. The summed E-state index contributed by atoms with van der Waals surface area (Å²) in [6, 6.07) is 0. The van der Waals surface area contributed by atoms with Crippen molar-refractivity contribution in [3.63, 3.8) is 0 Å². The summed E-state index contributed by atoms with van der Waals surface area (Å²) in [5, 5.41) is 0. The van der Waals surface area contributed by atoms with Gasteiger partial charge in [-0.05, 0) is 17.3 Å². The van der Waals surface area contributed by atoms with Gasteiger partial charge in [0.25, 0.3) is 0 Å². The van der Waals surface area contributed by atoms with E-state index in [-0.39, 0.29) is 0 Å². The van der Waals surface area contributed by atoms with Crippen LogP contribution in [0.3, 0.4) is 0 Å². The maximum Gasteiger partial charge on any atom is 0.0122 e. The number of rotatable bonds is 2. The molecule has 0 saturated carbocycles. The van der Waals surface area contributed by atoms with Crippen LogP contribution in [0.25, 0.3) is 0 Å². The molecule has 0 aromatic rings. The van der Waals surface area contributed by atoms with E-state index in [0.29, 0.717) is 15.7 Å². The minimum Gasteiger partial charge on any atom is -0.0893 e. The summed E-state index contributed by atoms with van der Waals surface area (Å²) < 4.78 is 0. The van der Waals surface area contributed by atoms with Gasteiger partial charge in [0, 0.05) is 4.83 Å². The third kappa shape index (κ3) is 3.59. The maximum absolute atomic E-state index is 3.60. The Balaban J connectivity index is 4.22. The fourth-order valence-corrected chi connectivity index (χ4v) is 1.82. The van der Waals surface area contributed by atoms with E-state index >= 15 is 0 Å². The first-order valence-corrected chi connectivity index (χ1v) is 5.22. The van der Waals surface area contributed by atoms with E-state index in [4.69, 9.17) is 0 Å². The van der Waals surface area contributed by atoms with Crippen molar-refractivity contribution >= 4 is 15.9 Å². The van der Waals surface area contributed by atoms with Crippen molar-refractivity contribution < 1.29 is 0 Å². The van der Waals surface area contributed by atoms with Crippen LogP contribution >= 0.6 is 15.9 Å². The molecule has 1 atom stereocenters. The van der Waals surface area contributed by atoms with Gasteiger partial charge < -0.3 is 0 Å². The molecule has 11 heavy (non-hydrogen) atoms. The third-order valence-corrected chi connectivity index (χ3v) is 3.15. The number of alkyl halides is 1. The van der Waals surface area contributed by atoms with Crippen LogP contribution in [0.4, 0.5) is 0 Å². The molecule has 0 aliphatic rings. The summed E-state index contributed by atoms with van der Waals surface area (Å²) in [7, 11) is 0. The Hall–Kier alpha value is 0.480. The molecule has 0 bridgehead atoms. The predicted molar refractivity (Wildman–Crippen MR) is 56.2 cm³/mol. The van der Waals surface area contributed by atoms with Crippen molar-refractivity contribution in [3.05, 3.63) is 0 Å². The van der Waals surface area contributed by atoms with E-state index in [2.05, 4.69) is 57.5 Å². The zero-order valence-electron chi connectivity index (χ0n) is 8.66. The van der Waals surface area contributed by atoms with Crippen molar-refractivity contribution in [3.8, 4) is 0 Å². The second-order valence-electron chi connectivity index (χ2n) is 5.12. The molecular weight excluding hydrogens is 200 g/mol. The van der Waals surface area contributed by atoms with E-state index in [1.807, 2.05) is 0 Å². The van der Waals surface area contributed by atoms with Crippen molar-refractivity contribution in [1.82, 2.24) is 0 Å². The molecule has 0 heterocycles. The van der Waals surface area contributed by atoms with Gasteiger partial charge in [-0.25, -0.2) is 0 Å². The molecule has 0 saturated heterocycles. The standard InChI is InChI=1S/C10H21Br/c1-8(11)7-10(5,6)9(2,3)4/h8H,7H2,1-6H3. The predicted octanol–water partition coefficient (Wildman–Crippen LogP) is 4.23. The van der Waals surface area contributed by atoms with Crippen LogP contribution in [0.2, 0.25) is 0 Å². The molecular formula is C10H21Br. The van der Waals surface area contributed by atoms with Crippen molar-refractivity contribution in [1.29, 1.82) is 0 Å². The molecule has 0 radical (unpaired) electrons. The molecule has 0 aromatic heterocycles. The molecule has 0 aliphatic carbocycles. The highest BCUT2D eigenvalue weighted by Gasteiger charge is 2.33. The lowest BCUT2D eigenvalue weighted by molar-refractivity contribution is 0.121. The molecule has 1 heteroatoms. The van der Waals surface area contributed by atoms with Crippen molar-refractivity contribution in [2.75, 3.05) is 0 Å². The zero-order chi connectivity index (χ0) is 9.28. The van der Waals surface area contributed by atoms with Crippen molar-refractivity contribution in [2.45, 2.75) is 52.8 Å². The summed E-state index contributed by atoms with van der Waals surface area (Å²) in [5.74, 6) is 0. The lowest BCUT2D eigenvalue weighted by Crippen LogP contribution is -2.31. The quantitative estimate of drug-likeness (QED) is 0.612. The van der Waals surface area contributed by atoms with Crippen LogP contribution in [0.5, 0.6) is 0 Å². The lowest BCUT2D eigenvalue weighted by Gasteiger charge is -2.39. The molecule has 0 spiro atoms. The van der Waals surface area contributed by atoms with Gasteiger partial charge in [-0.2, -0.15) is 0 Å². The van der Waals surface area contributed by atoms with Crippen molar-refractivity contribution in [2.24, 2.45) is 10.8 Å². The summed E-state index contributed by atoms with van der Waals surface area (Å²) in [6.07, 6.45) is 1.23. The topological polar surface area (TPSA) is 0 Å². The Bertz CT molecular complexity index is 117. The average molecular weight is 221 g/mol. The number of halogens is 1. The minimum atomic E-state index is 0.398. The van der Waals surface area contributed by atoms with Gasteiger partial charge in [-0.3, -0.25) is 0 Å². The molecule has 0 aromatic carbocycles. The Morgan fingerprint density at radius 1 is 1.09 bits per heavy atom. The summed E-state index contributed by atoms with van der Waals surface area (Å²) in [6.45, 7) is 13.8. The molecule has 1 unspecified atom stereocenters. The van der Waals surface area contributed by atoms with Crippen LogP contribution in [0.15, 0.2) is 0 Å². The van der Waals surface area contributed by atoms with Gasteiger partial charge in [0.2, 0.25) is 0 Å². The van der Waals surface area contributed by atoms with E-state index in [9.17, 15) is 0 Å². The largest absolute Gasteiger partial charge is 0.0893 e. The highest BCUT2D eigenvalue weighted by Crippen LogP contribution is 2.42. The maximum atomic E-state index is 3.60. The molecule has 0 rings (SSSR count). The van der Waals surface area contributed by atoms with Gasteiger partial charge in [-0.15, -0.1) is 0 Å². The second-order valence-corrected chi connectivity index (χ2v) is 6.68. The molecule has 68 valence electrons. The highest BCUT2D eigenvalue weighted by molar-refractivity contribution is 9.09. The molecule has 0 nitrogen and oxygen atoms in total. The second kappa shape index (κ2) is 3.47. The van der Waals surface area contributed by atoms with Crippen LogP contribution in [-0.4, -0.2) is 4.83 Å². The number of hydrogen-bond donors (Lipinski definition) is 0. The lowest BCUT2D eigenvalue weighted by atomic mass is 9.67. The van der Waals surface area contributed by atoms with Crippen LogP contribution in [-0.2, 0) is 0 Å². The first kappa shape index (κ1) is 11.5. The Kier molecular flexibility index (Phi) is 3.62. The Morgan fingerprint density at radius 2 is 1.45 bits per heavy atom. The van der Waals surface area contributed by atoms with Gasteiger partial charge in [0.15, 0.2) is 0 Å². The Morgan fingerprint density at radius 3 is 1.55 bits per heavy atom. The monoisotopic (exact) mass is 220 g/mol. The van der Waals surface area contributed by atoms with Crippen LogP contribution in [0.1, 0.15) is 48.0 Å². The first-order chi connectivity index (χ1) is 4.67. The van der Waals surface area contributed by atoms with Gasteiger partial charge in [0.05, 0.1) is 0 Å². The van der Waals surface area contributed by atoms with Crippen LogP contribution < -0.4 is 0 Å². The average Bonchev–Trinajstić information content (AvgIpc) is 1.56. The molecule has 0 aliphatic heterocycles. The minimum absolute atomic E-state index is 0.398. The molecule has 0 amide bonds. The van der Waals surface area contributed by atoms with Gasteiger partial charge >= 0.3 is 0 Å². The SMILES string of the molecule is CC(Br)CC(C)(C)C(C)(C)C. The van der Waals surface area contributed by atoms with E-state index in [0.717, 1.165) is 0 Å². The fourth-order valence-electron chi connectivity index (χ4n) is 1.01. The molecule has 0 fully saturated rings.